The van der Waals surface area contributed by atoms with E-state index >= 15 is 0 Å². The largest absolute Gasteiger partial charge is 0.344 e. The Balaban J connectivity index is 1.55. The third-order valence-corrected chi connectivity index (χ3v) is 4.71. The zero-order valence-corrected chi connectivity index (χ0v) is 13.1. The van der Waals surface area contributed by atoms with Crippen LogP contribution in [0.4, 0.5) is 5.95 Å². The van der Waals surface area contributed by atoms with Crippen LogP contribution in [0.1, 0.15) is 44.4 Å². The van der Waals surface area contributed by atoms with Gasteiger partial charge in [0.1, 0.15) is 0 Å². The van der Waals surface area contributed by atoms with E-state index in [0.29, 0.717) is 23.7 Å². The predicted molar refractivity (Wildman–Crippen MR) is 79.1 cm³/mol. The molecule has 0 radical (unpaired) electrons. The lowest BCUT2D eigenvalue weighted by atomic mass is 9.95. The van der Waals surface area contributed by atoms with Crippen LogP contribution in [0.2, 0.25) is 0 Å². The molecule has 6 heteroatoms. The average molecular weight is 292 g/mol. The Hall–Kier alpha value is -1.59. The number of rotatable bonds is 4. The van der Waals surface area contributed by atoms with E-state index in [0.717, 1.165) is 25.9 Å². The second kappa shape index (κ2) is 5.66. The van der Waals surface area contributed by atoms with Crippen LogP contribution in [0.15, 0.2) is 4.52 Å². The molecule has 21 heavy (non-hydrogen) atoms. The maximum absolute atomic E-state index is 12.4. The maximum atomic E-state index is 12.4. The highest BCUT2D eigenvalue weighted by Gasteiger charge is 2.36. The molecular weight excluding hydrogens is 268 g/mol. The number of anilines is 1. The zero-order chi connectivity index (χ0) is 15.0. The minimum atomic E-state index is 0.199. The van der Waals surface area contributed by atoms with E-state index in [1.807, 2.05) is 23.9 Å². The predicted octanol–water partition coefficient (Wildman–Crippen LogP) is 1.89. The molecule has 2 aliphatic rings. The molecular formula is C15H24N4O2. The van der Waals surface area contributed by atoms with Gasteiger partial charge in [-0.1, -0.05) is 6.92 Å². The van der Waals surface area contributed by atoms with E-state index in [4.69, 9.17) is 4.52 Å². The van der Waals surface area contributed by atoms with Gasteiger partial charge in [-0.25, -0.2) is 0 Å². The molecule has 0 aromatic carbocycles. The molecule has 1 atom stereocenters. The van der Waals surface area contributed by atoms with Crippen molar-refractivity contribution in [2.75, 3.05) is 32.1 Å². The molecule has 0 N–H and O–H groups in total. The third-order valence-electron chi connectivity index (χ3n) is 4.71. The van der Waals surface area contributed by atoms with Gasteiger partial charge in [-0.15, -0.1) is 0 Å². The highest BCUT2D eigenvalue weighted by Crippen LogP contribution is 2.38. The Bertz CT molecular complexity index is 502. The van der Waals surface area contributed by atoms with Crippen LogP contribution >= 0.6 is 0 Å². The van der Waals surface area contributed by atoms with Crippen LogP contribution in [0.3, 0.4) is 0 Å². The number of nitrogens with zero attached hydrogens (tertiary/aromatic N) is 4. The number of aromatic nitrogens is 2. The van der Waals surface area contributed by atoms with Crippen molar-refractivity contribution in [3.8, 4) is 0 Å². The summed E-state index contributed by atoms with van der Waals surface area (Å²) in [5, 5.41) is 3.96. The van der Waals surface area contributed by atoms with E-state index in [2.05, 4.69) is 17.1 Å². The summed E-state index contributed by atoms with van der Waals surface area (Å²) in [5.74, 6) is 2.77. The van der Waals surface area contributed by atoms with E-state index in [-0.39, 0.29) is 11.8 Å². The van der Waals surface area contributed by atoms with E-state index in [1.165, 1.54) is 12.8 Å². The fourth-order valence-corrected chi connectivity index (χ4v) is 3.01. The van der Waals surface area contributed by atoms with Crippen molar-refractivity contribution in [1.82, 2.24) is 15.0 Å². The Labute approximate surface area is 125 Å². The molecule has 0 bridgehead atoms. The van der Waals surface area contributed by atoms with Crippen molar-refractivity contribution < 1.29 is 9.32 Å². The van der Waals surface area contributed by atoms with Crippen LogP contribution in [-0.4, -0.2) is 48.1 Å². The van der Waals surface area contributed by atoms with Gasteiger partial charge in [0.05, 0.1) is 0 Å². The lowest BCUT2D eigenvalue weighted by Gasteiger charge is -2.32. The van der Waals surface area contributed by atoms with E-state index in [1.54, 1.807) is 0 Å². The molecule has 116 valence electrons. The molecule has 0 unspecified atom stereocenters. The van der Waals surface area contributed by atoms with Gasteiger partial charge in [-0.3, -0.25) is 4.79 Å². The minimum Gasteiger partial charge on any atom is -0.344 e. The molecule has 1 aromatic rings. The Morgan fingerprint density at radius 3 is 2.48 bits per heavy atom. The van der Waals surface area contributed by atoms with Crippen LogP contribution in [-0.2, 0) is 4.79 Å². The number of carbonyl (C=O) groups excluding carboxylic acids is 1. The average Bonchev–Trinajstić information content (AvgIpc) is 3.22. The summed E-state index contributed by atoms with van der Waals surface area (Å²) >= 11 is 0. The second-order valence-electron chi connectivity index (χ2n) is 6.55. The number of amides is 1. The van der Waals surface area contributed by atoms with Crippen molar-refractivity contribution >= 4 is 11.9 Å². The molecule has 6 nitrogen and oxygen atoms in total. The monoisotopic (exact) mass is 292 g/mol. The molecule has 1 aliphatic carbocycles. The Kier molecular flexibility index (Phi) is 3.87. The summed E-state index contributed by atoms with van der Waals surface area (Å²) in [4.78, 5) is 20.7. The first-order valence-corrected chi connectivity index (χ1v) is 7.86. The topological polar surface area (TPSA) is 62.5 Å². The highest BCUT2D eigenvalue weighted by atomic mass is 16.5. The molecule has 2 heterocycles. The number of hydrogen-bond donors (Lipinski definition) is 0. The Morgan fingerprint density at radius 2 is 1.95 bits per heavy atom. The minimum absolute atomic E-state index is 0.199. The third kappa shape index (κ3) is 3.04. The first kappa shape index (κ1) is 14.4. The van der Waals surface area contributed by atoms with E-state index in [9.17, 15) is 4.79 Å². The maximum Gasteiger partial charge on any atom is 0.265 e. The van der Waals surface area contributed by atoms with Crippen molar-refractivity contribution in [2.24, 2.45) is 11.8 Å². The summed E-state index contributed by atoms with van der Waals surface area (Å²) in [5.41, 5.74) is 0. The molecule has 1 aromatic heterocycles. The number of piperidine rings is 1. The number of carbonyl (C=O) groups is 1. The summed E-state index contributed by atoms with van der Waals surface area (Å²) in [7, 11) is 3.80. The molecule has 1 amide bonds. The number of hydrogen-bond acceptors (Lipinski definition) is 5. The fraction of sp³-hybridized carbons (Fsp3) is 0.800. The highest BCUT2D eigenvalue weighted by molar-refractivity contribution is 5.79. The molecule has 0 spiro atoms. The normalized spacial score (nSPS) is 21.4. The van der Waals surface area contributed by atoms with Crippen LogP contribution in [0.25, 0.3) is 0 Å². The van der Waals surface area contributed by atoms with Crippen molar-refractivity contribution in [2.45, 2.75) is 38.5 Å². The van der Waals surface area contributed by atoms with Crippen molar-refractivity contribution in [1.29, 1.82) is 0 Å². The van der Waals surface area contributed by atoms with Gasteiger partial charge in [0.15, 0.2) is 0 Å². The fourth-order valence-electron chi connectivity index (χ4n) is 3.01. The van der Waals surface area contributed by atoms with Gasteiger partial charge >= 0.3 is 0 Å². The first-order chi connectivity index (χ1) is 10.1. The molecule has 1 aliphatic heterocycles. The van der Waals surface area contributed by atoms with Gasteiger partial charge in [0.25, 0.3) is 5.95 Å². The van der Waals surface area contributed by atoms with E-state index < -0.39 is 0 Å². The molecule has 1 saturated carbocycles. The first-order valence-electron chi connectivity index (χ1n) is 7.86. The lowest BCUT2D eigenvalue weighted by molar-refractivity contribution is -0.136. The van der Waals surface area contributed by atoms with Gasteiger partial charge in [0.2, 0.25) is 11.8 Å². The second-order valence-corrected chi connectivity index (χ2v) is 6.55. The number of likely N-dealkylation sites (tertiary alicyclic amines) is 1. The van der Waals surface area contributed by atoms with Crippen LogP contribution in [0.5, 0.6) is 0 Å². The standard InChI is InChI=1S/C15H24N4O2/c1-10(11-4-5-11)14(20)19-8-6-12(7-9-19)13-16-15(17-21-13)18(2)3/h10-12H,4-9H2,1-3H3/t10-/m1/s1. The summed E-state index contributed by atoms with van der Waals surface area (Å²) in [6, 6.07) is 0. The van der Waals surface area contributed by atoms with Crippen molar-refractivity contribution in [3.05, 3.63) is 5.89 Å². The smallest absolute Gasteiger partial charge is 0.265 e. The van der Waals surface area contributed by atoms with Gasteiger partial charge in [0, 0.05) is 39.0 Å². The zero-order valence-electron chi connectivity index (χ0n) is 13.1. The van der Waals surface area contributed by atoms with Gasteiger partial charge < -0.3 is 14.3 Å². The van der Waals surface area contributed by atoms with Crippen LogP contribution < -0.4 is 4.90 Å². The summed E-state index contributed by atoms with van der Waals surface area (Å²) < 4.78 is 5.35. The Morgan fingerprint density at radius 1 is 1.29 bits per heavy atom. The summed E-state index contributed by atoms with van der Waals surface area (Å²) in [6.07, 6.45) is 4.27. The quantitative estimate of drug-likeness (QED) is 0.848. The molecule has 3 rings (SSSR count). The molecule has 2 fully saturated rings. The van der Waals surface area contributed by atoms with Gasteiger partial charge in [-0.05, 0) is 36.8 Å². The SMILES string of the molecule is C[C@@H](C(=O)N1CCC(c2nc(N(C)C)no2)CC1)C1CC1. The van der Waals surface area contributed by atoms with Crippen LogP contribution in [0, 0.1) is 11.8 Å². The lowest BCUT2D eigenvalue weighted by Crippen LogP contribution is -2.41. The molecule has 1 saturated heterocycles. The summed E-state index contributed by atoms with van der Waals surface area (Å²) in [6.45, 7) is 3.69. The van der Waals surface area contributed by atoms with Gasteiger partial charge in [-0.2, -0.15) is 4.98 Å². The van der Waals surface area contributed by atoms with Crippen molar-refractivity contribution in [3.63, 3.8) is 0 Å².